The maximum atomic E-state index is 9.71. The number of nitrogen functional groups attached to an aromatic ring is 1. The molecule has 1 fully saturated rings. The molecule has 0 spiro atoms. The van der Waals surface area contributed by atoms with Crippen molar-refractivity contribution >= 4 is 5.82 Å². The van der Waals surface area contributed by atoms with E-state index in [0.29, 0.717) is 12.2 Å². The van der Waals surface area contributed by atoms with Gasteiger partial charge in [0.15, 0.2) is 0 Å². The highest BCUT2D eigenvalue weighted by molar-refractivity contribution is 5.78. The van der Waals surface area contributed by atoms with Gasteiger partial charge in [0.25, 0.3) is 0 Å². The van der Waals surface area contributed by atoms with Crippen LogP contribution in [0.25, 0.3) is 11.1 Å². The average molecular weight is 367 g/mol. The molecule has 0 aliphatic carbocycles. The lowest BCUT2D eigenvalue weighted by atomic mass is 9.81. The number of rotatable bonds is 4. The first-order valence-electron chi connectivity index (χ1n) is 9.13. The lowest BCUT2D eigenvalue weighted by Crippen LogP contribution is -2.33. The first kappa shape index (κ1) is 19.1. The van der Waals surface area contributed by atoms with Gasteiger partial charge in [0, 0.05) is 41.7 Å². The summed E-state index contributed by atoms with van der Waals surface area (Å²) >= 11 is 0. The maximum absolute atomic E-state index is 9.71. The fourth-order valence-electron chi connectivity index (χ4n) is 3.80. The summed E-state index contributed by atoms with van der Waals surface area (Å²) in [5.74, 6) is 0.483. The molecule has 0 saturated carbocycles. The number of hydrogen-bond acceptors (Lipinski definition) is 7. The maximum Gasteiger partial charge on any atom is 0.316 e. The van der Waals surface area contributed by atoms with Crippen molar-refractivity contribution in [1.29, 1.82) is 5.26 Å². The highest BCUT2D eigenvalue weighted by Gasteiger charge is 2.33. The number of methoxy groups -OCH3 is 1. The molecular weight excluding hydrogens is 342 g/mol. The molecule has 0 aromatic carbocycles. The third kappa shape index (κ3) is 3.71. The predicted molar refractivity (Wildman–Crippen MR) is 102 cm³/mol. The Hall–Kier alpha value is -2.72. The highest BCUT2D eigenvalue weighted by atomic mass is 16.5. The second kappa shape index (κ2) is 7.49. The van der Waals surface area contributed by atoms with Crippen LogP contribution in [0.5, 0.6) is 6.01 Å². The molecule has 0 radical (unpaired) electrons. The number of anilines is 1. The van der Waals surface area contributed by atoms with Crippen LogP contribution in [-0.2, 0) is 11.2 Å². The van der Waals surface area contributed by atoms with E-state index in [9.17, 15) is 5.26 Å². The Morgan fingerprint density at radius 2 is 2.07 bits per heavy atom. The minimum atomic E-state index is -0.207. The Morgan fingerprint density at radius 1 is 1.37 bits per heavy atom. The van der Waals surface area contributed by atoms with Crippen LogP contribution in [-0.4, -0.2) is 34.3 Å². The van der Waals surface area contributed by atoms with Crippen molar-refractivity contribution in [2.24, 2.45) is 0 Å². The molecule has 2 N–H and O–H groups in total. The number of nitriles is 1. The van der Waals surface area contributed by atoms with Crippen molar-refractivity contribution in [2.75, 3.05) is 19.5 Å². The van der Waals surface area contributed by atoms with Crippen LogP contribution in [0.1, 0.15) is 56.4 Å². The molecule has 7 nitrogen and oxygen atoms in total. The quantitative estimate of drug-likeness (QED) is 0.884. The van der Waals surface area contributed by atoms with Gasteiger partial charge in [-0.15, -0.1) is 0 Å². The minimum Gasteiger partial charge on any atom is -0.467 e. The smallest absolute Gasteiger partial charge is 0.316 e. The minimum absolute atomic E-state index is 0.207. The Kier molecular flexibility index (Phi) is 5.29. The van der Waals surface area contributed by atoms with Gasteiger partial charge in [0.05, 0.1) is 12.7 Å². The number of nitrogens with zero attached hydrogens (tertiary/aromatic N) is 4. The standard InChI is InChI=1S/C20H25N5O2/c1-5-14-16(13-10-23-19(26-4)24-11-13)15(9-21)18(22)25-17(14)12-6-7-27-20(2,3)8-12/h10-12H,5-8H2,1-4H3,(H2,22,25). The van der Waals surface area contributed by atoms with Gasteiger partial charge < -0.3 is 15.2 Å². The van der Waals surface area contributed by atoms with E-state index in [1.54, 1.807) is 12.4 Å². The zero-order chi connectivity index (χ0) is 19.6. The van der Waals surface area contributed by atoms with Gasteiger partial charge in [-0.05, 0) is 38.7 Å². The Morgan fingerprint density at radius 3 is 2.63 bits per heavy atom. The third-order valence-corrected chi connectivity index (χ3v) is 5.01. The SMILES string of the molecule is CCc1c(C2CCOC(C)(C)C2)nc(N)c(C#N)c1-c1cnc(OC)nc1. The van der Waals surface area contributed by atoms with E-state index in [1.807, 2.05) is 0 Å². The second-order valence-corrected chi connectivity index (χ2v) is 7.33. The van der Waals surface area contributed by atoms with E-state index in [0.717, 1.165) is 41.6 Å². The van der Waals surface area contributed by atoms with Crippen molar-refractivity contribution in [3.63, 3.8) is 0 Å². The molecule has 142 valence electrons. The second-order valence-electron chi connectivity index (χ2n) is 7.33. The molecule has 1 atom stereocenters. The molecule has 1 unspecified atom stereocenters. The number of nitrogens with two attached hydrogens (primary N) is 1. The first-order chi connectivity index (χ1) is 12.9. The van der Waals surface area contributed by atoms with Crippen LogP contribution >= 0.6 is 0 Å². The van der Waals surface area contributed by atoms with Crippen LogP contribution < -0.4 is 10.5 Å². The van der Waals surface area contributed by atoms with Gasteiger partial charge in [-0.2, -0.15) is 5.26 Å². The van der Waals surface area contributed by atoms with E-state index in [1.165, 1.54) is 7.11 Å². The van der Waals surface area contributed by atoms with Gasteiger partial charge in [0.1, 0.15) is 17.5 Å². The van der Waals surface area contributed by atoms with Gasteiger partial charge in [-0.1, -0.05) is 6.92 Å². The predicted octanol–water partition coefficient (Wildman–Crippen LogP) is 3.24. The number of pyridine rings is 1. The monoisotopic (exact) mass is 367 g/mol. The van der Waals surface area contributed by atoms with E-state index in [4.69, 9.17) is 15.2 Å². The number of ether oxygens (including phenoxy) is 2. The molecule has 27 heavy (non-hydrogen) atoms. The zero-order valence-corrected chi connectivity index (χ0v) is 16.2. The van der Waals surface area contributed by atoms with E-state index >= 15 is 0 Å². The summed E-state index contributed by atoms with van der Waals surface area (Å²) in [6.07, 6.45) is 5.80. The summed E-state index contributed by atoms with van der Waals surface area (Å²) in [6.45, 7) is 6.94. The summed E-state index contributed by atoms with van der Waals surface area (Å²) in [5.41, 5.74) is 9.85. The van der Waals surface area contributed by atoms with Crippen LogP contribution in [0, 0.1) is 11.3 Å². The number of hydrogen-bond donors (Lipinski definition) is 1. The van der Waals surface area contributed by atoms with E-state index < -0.39 is 0 Å². The Labute approximate surface area is 159 Å². The lowest BCUT2D eigenvalue weighted by molar-refractivity contribution is -0.0598. The molecule has 2 aromatic rings. The molecule has 3 rings (SSSR count). The lowest BCUT2D eigenvalue weighted by Gasteiger charge is -2.36. The molecule has 2 aromatic heterocycles. The molecular formula is C20H25N5O2. The van der Waals surface area contributed by atoms with E-state index in [-0.39, 0.29) is 23.3 Å². The average Bonchev–Trinajstić information content (AvgIpc) is 2.66. The fraction of sp³-hybridized carbons (Fsp3) is 0.500. The van der Waals surface area contributed by atoms with Crippen molar-refractivity contribution in [1.82, 2.24) is 15.0 Å². The zero-order valence-electron chi connectivity index (χ0n) is 16.2. The van der Waals surface area contributed by atoms with Gasteiger partial charge in [-0.25, -0.2) is 15.0 Å². The Bertz CT molecular complexity index is 871. The normalized spacial score (nSPS) is 18.7. The summed E-state index contributed by atoms with van der Waals surface area (Å²) in [6, 6.07) is 2.49. The largest absolute Gasteiger partial charge is 0.467 e. The molecule has 7 heteroatoms. The number of aromatic nitrogens is 3. The Balaban J connectivity index is 2.19. The summed E-state index contributed by atoms with van der Waals surface area (Å²) < 4.78 is 10.9. The van der Waals surface area contributed by atoms with Gasteiger partial charge in [-0.3, -0.25) is 0 Å². The van der Waals surface area contributed by atoms with Crippen molar-refractivity contribution in [3.05, 3.63) is 29.2 Å². The highest BCUT2D eigenvalue weighted by Crippen LogP contribution is 2.41. The third-order valence-electron chi connectivity index (χ3n) is 5.01. The van der Waals surface area contributed by atoms with Crippen LogP contribution in [0.2, 0.25) is 0 Å². The topological polar surface area (TPSA) is 107 Å². The van der Waals surface area contributed by atoms with Crippen molar-refractivity contribution < 1.29 is 9.47 Å². The van der Waals surface area contributed by atoms with Crippen LogP contribution in [0.3, 0.4) is 0 Å². The molecule has 0 bridgehead atoms. The molecule has 0 amide bonds. The van der Waals surface area contributed by atoms with Crippen molar-refractivity contribution in [3.8, 4) is 23.2 Å². The van der Waals surface area contributed by atoms with Gasteiger partial charge >= 0.3 is 6.01 Å². The summed E-state index contributed by atoms with van der Waals surface area (Å²) in [4.78, 5) is 13.0. The molecule has 1 aliphatic rings. The van der Waals surface area contributed by atoms with E-state index in [2.05, 4.69) is 41.8 Å². The van der Waals surface area contributed by atoms with Crippen molar-refractivity contribution in [2.45, 2.75) is 51.6 Å². The van der Waals surface area contributed by atoms with Crippen LogP contribution in [0.15, 0.2) is 12.4 Å². The molecule has 3 heterocycles. The molecule has 1 aliphatic heterocycles. The summed E-state index contributed by atoms with van der Waals surface area (Å²) in [5, 5.41) is 9.71. The summed E-state index contributed by atoms with van der Waals surface area (Å²) in [7, 11) is 1.52. The van der Waals surface area contributed by atoms with Gasteiger partial charge in [0.2, 0.25) is 0 Å². The van der Waals surface area contributed by atoms with Crippen LogP contribution in [0.4, 0.5) is 5.82 Å². The fourth-order valence-corrected chi connectivity index (χ4v) is 3.80. The first-order valence-corrected chi connectivity index (χ1v) is 9.13. The molecule has 1 saturated heterocycles.